The molecule has 6 nitrogen and oxygen atoms in total. The van der Waals surface area contributed by atoms with E-state index >= 15 is 0 Å². The summed E-state index contributed by atoms with van der Waals surface area (Å²) in [5.41, 5.74) is 0. The van der Waals surface area contributed by atoms with Crippen LogP contribution in [-0.4, -0.2) is 33.3 Å². The molecule has 0 fully saturated rings. The molecule has 0 bridgehead atoms. The number of urea groups is 1. The first-order valence-electron chi connectivity index (χ1n) is 6.18. The predicted molar refractivity (Wildman–Crippen MR) is 69.0 cm³/mol. The number of amides is 2. The lowest BCUT2D eigenvalue weighted by Gasteiger charge is -2.13. The highest BCUT2D eigenvalue weighted by molar-refractivity contribution is 5.74. The second kappa shape index (κ2) is 7.00. The molecule has 3 N–H and O–H groups in total. The normalized spacial score (nSPS) is 12.5. The maximum atomic E-state index is 11.5. The van der Waals surface area contributed by atoms with Crippen LogP contribution in [0.1, 0.15) is 26.6 Å². The van der Waals surface area contributed by atoms with Gasteiger partial charge in [-0.1, -0.05) is 13.8 Å². The fourth-order valence-electron chi connectivity index (χ4n) is 1.55. The minimum atomic E-state index is -0.296. The van der Waals surface area contributed by atoms with Crippen LogP contribution in [-0.2, 0) is 13.1 Å². The largest absolute Gasteiger partial charge is 0.394 e. The number of hydrogen-bond donors (Lipinski definition) is 3. The lowest BCUT2D eigenvalue weighted by molar-refractivity contribution is 0.220. The number of aliphatic hydroxyl groups excluding tert-OH is 1. The Morgan fingerprint density at radius 1 is 1.50 bits per heavy atom. The fraction of sp³-hybridized carbons (Fsp3) is 0.667. The van der Waals surface area contributed by atoms with Crippen LogP contribution in [0, 0.1) is 5.92 Å². The first-order chi connectivity index (χ1) is 8.52. The maximum absolute atomic E-state index is 11.5. The van der Waals surface area contributed by atoms with Crippen LogP contribution >= 0.6 is 0 Å². The molecule has 0 saturated heterocycles. The average molecular weight is 254 g/mol. The van der Waals surface area contributed by atoms with Gasteiger partial charge in [0.15, 0.2) is 0 Å². The number of nitrogens with zero attached hydrogens (tertiary/aromatic N) is 2. The van der Waals surface area contributed by atoms with Crippen LogP contribution in [0.15, 0.2) is 12.4 Å². The molecule has 18 heavy (non-hydrogen) atoms. The van der Waals surface area contributed by atoms with Gasteiger partial charge >= 0.3 is 6.03 Å². The van der Waals surface area contributed by atoms with Gasteiger partial charge in [-0.3, -0.25) is 0 Å². The Labute approximate surface area is 107 Å². The summed E-state index contributed by atoms with van der Waals surface area (Å²) in [6, 6.07) is -0.545. The lowest BCUT2D eigenvalue weighted by Crippen LogP contribution is -2.42. The third-order valence-electron chi connectivity index (χ3n) is 2.42. The molecule has 2 amide bonds. The topological polar surface area (TPSA) is 79.2 Å². The van der Waals surface area contributed by atoms with E-state index in [-0.39, 0.29) is 18.7 Å². The summed E-state index contributed by atoms with van der Waals surface area (Å²) in [6.45, 7) is 7.18. The Bertz CT molecular complexity index is 376. The van der Waals surface area contributed by atoms with Crippen LogP contribution < -0.4 is 10.6 Å². The van der Waals surface area contributed by atoms with Crippen molar-refractivity contribution in [2.75, 3.05) is 6.61 Å². The van der Waals surface area contributed by atoms with E-state index in [1.165, 1.54) is 0 Å². The van der Waals surface area contributed by atoms with E-state index in [4.69, 9.17) is 5.11 Å². The number of rotatable bonds is 6. The van der Waals surface area contributed by atoms with Gasteiger partial charge in [-0.25, -0.2) is 9.78 Å². The van der Waals surface area contributed by atoms with Crippen molar-refractivity contribution in [3.8, 4) is 0 Å². The number of aromatic nitrogens is 2. The Morgan fingerprint density at radius 2 is 2.22 bits per heavy atom. The molecule has 6 heteroatoms. The van der Waals surface area contributed by atoms with Gasteiger partial charge in [-0.15, -0.1) is 0 Å². The highest BCUT2D eigenvalue weighted by Crippen LogP contribution is 2.03. The van der Waals surface area contributed by atoms with E-state index in [1.54, 1.807) is 13.1 Å². The third kappa shape index (κ3) is 4.75. The summed E-state index contributed by atoms with van der Waals surface area (Å²) in [4.78, 5) is 15.7. The highest BCUT2D eigenvalue weighted by Gasteiger charge is 2.08. The molecule has 0 aromatic carbocycles. The molecule has 1 atom stereocenters. The number of carbonyl (C=O) groups excluding carboxylic acids is 1. The van der Waals surface area contributed by atoms with E-state index in [1.807, 2.05) is 10.8 Å². The summed E-state index contributed by atoms with van der Waals surface area (Å²) in [6.07, 6.45) is 3.64. The van der Waals surface area contributed by atoms with E-state index in [0.717, 1.165) is 12.4 Å². The molecular formula is C12H22N4O2. The van der Waals surface area contributed by atoms with Gasteiger partial charge in [-0.2, -0.15) is 0 Å². The minimum Gasteiger partial charge on any atom is -0.394 e. The van der Waals surface area contributed by atoms with Crippen molar-refractivity contribution < 1.29 is 9.90 Å². The standard InChI is InChI=1S/C12H22N4O2/c1-9(2)7-16-5-4-13-11(16)6-14-12(18)15-10(3)8-17/h4-5,9-10,17H,6-8H2,1-3H3,(H2,14,15,18)/t10-/m0/s1. The number of carbonyl (C=O) groups is 1. The van der Waals surface area contributed by atoms with Crippen molar-refractivity contribution in [1.29, 1.82) is 0 Å². The predicted octanol–water partition coefficient (Wildman–Crippen LogP) is 0.719. The number of aliphatic hydroxyl groups is 1. The molecule has 1 heterocycles. The Hall–Kier alpha value is -1.56. The molecule has 0 unspecified atom stereocenters. The summed E-state index contributed by atoms with van der Waals surface area (Å²) in [7, 11) is 0. The van der Waals surface area contributed by atoms with Crippen molar-refractivity contribution in [1.82, 2.24) is 20.2 Å². The maximum Gasteiger partial charge on any atom is 0.315 e. The lowest BCUT2D eigenvalue weighted by atomic mass is 10.2. The van der Waals surface area contributed by atoms with Crippen LogP contribution in [0.25, 0.3) is 0 Å². The SMILES string of the molecule is CC(C)Cn1ccnc1CNC(=O)N[C@@H](C)CO. The van der Waals surface area contributed by atoms with Gasteiger partial charge in [0.25, 0.3) is 0 Å². The fourth-order valence-corrected chi connectivity index (χ4v) is 1.55. The number of hydrogen-bond acceptors (Lipinski definition) is 3. The zero-order valence-electron chi connectivity index (χ0n) is 11.2. The van der Waals surface area contributed by atoms with E-state index < -0.39 is 0 Å². The molecule has 0 radical (unpaired) electrons. The number of nitrogens with one attached hydrogen (secondary N) is 2. The molecule has 102 valence electrons. The molecule has 1 aromatic heterocycles. The smallest absolute Gasteiger partial charge is 0.315 e. The summed E-state index contributed by atoms with van der Waals surface area (Å²) >= 11 is 0. The van der Waals surface area contributed by atoms with E-state index in [0.29, 0.717) is 12.5 Å². The Morgan fingerprint density at radius 3 is 2.83 bits per heavy atom. The van der Waals surface area contributed by atoms with Gasteiger partial charge in [0.2, 0.25) is 0 Å². The first-order valence-corrected chi connectivity index (χ1v) is 6.18. The Balaban J connectivity index is 2.43. The molecule has 0 aliphatic heterocycles. The average Bonchev–Trinajstić information content (AvgIpc) is 2.72. The molecule has 0 aliphatic carbocycles. The quantitative estimate of drug-likeness (QED) is 0.700. The van der Waals surface area contributed by atoms with Crippen LogP contribution in [0.2, 0.25) is 0 Å². The van der Waals surface area contributed by atoms with Crippen molar-refractivity contribution in [3.63, 3.8) is 0 Å². The zero-order valence-corrected chi connectivity index (χ0v) is 11.2. The van der Waals surface area contributed by atoms with Gasteiger partial charge in [-0.05, 0) is 12.8 Å². The number of imidazole rings is 1. The minimum absolute atomic E-state index is 0.0740. The Kier molecular flexibility index (Phi) is 5.64. The molecule has 0 aliphatic rings. The van der Waals surface area contributed by atoms with Crippen LogP contribution in [0.3, 0.4) is 0 Å². The molecule has 1 rings (SSSR count). The highest BCUT2D eigenvalue weighted by atomic mass is 16.3. The monoisotopic (exact) mass is 254 g/mol. The summed E-state index contributed by atoms with van der Waals surface area (Å²) in [5.74, 6) is 1.36. The van der Waals surface area contributed by atoms with Crippen molar-refractivity contribution >= 4 is 6.03 Å². The van der Waals surface area contributed by atoms with Gasteiger partial charge in [0, 0.05) is 18.9 Å². The molecular weight excluding hydrogens is 232 g/mol. The van der Waals surface area contributed by atoms with Gasteiger partial charge in [0.1, 0.15) is 5.82 Å². The first kappa shape index (κ1) is 14.5. The van der Waals surface area contributed by atoms with E-state index in [2.05, 4.69) is 29.5 Å². The second-order valence-corrected chi connectivity index (χ2v) is 4.80. The van der Waals surface area contributed by atoms with Crippen LogP contribution in [0.5, 0.6) is 0 Å². The van der Waals surface area contributed by atoms with Gasteiger partial charge in [0.05, 0.1) is 19.2 Å². The van der Waals surface area contributed by atoms with Crippen LogP contribution in [0.4, 0.5) is 4.79 Å². The van der Waals surface area contributed by atoms with E-state index in [9.17, 15) is 4.79 Å². The van der Waals surface area contributed by atoms with Crippen molar-refractivity contribution in [2.24, 2.45) is 5.92 Å². The molecule has 0 spiro atoms. The molecule has 1 aromatic rings. The third-order valence-corrected chi connectivity index (χ3v) is 2.42. The molecule has 0 saturated carbocycles. The summed E-state index contributed by atoms with van der Waals surface area (Å²) in [5, 5.41) is 14.2. The van der Waals surface area contributed by atoms with Crippen molar-refractivity contribution in [2.45, 2.75) is 39.9 Å². The summed E-state index contributed by atoms with van der Waals surface area (Å²) < 4.78 is 2.03. The second-order valence-electron chi connectivity index (χ2n) is 4.80. The van der Waals surface area contributed by atoms with Crippen molar-refractivity contribution in [3.05, 3.63) is 18.2 Å². The van der Waals surface area contributed by atoms with Gasteiger partial charge < -0.3 is 20.3 Å². The zero-order chi connectivity index (χ0) is 13.5.